The van der Waals surface area contributed by atoms with Gasteiger partial charge in [0.2, 0.25) is 5.91 Å². The van der Waals surface area contributed by atoms with Crippen LogP contribution in [-0.2, 0) is 24.2 Å². The Morgan fingerprint density at radius 3 is 2.34 bits per heavy atom. The molecule has 1 amide bonds. The number of rotatable bonds is 14. The van der Waals surface area contributed by atoms with E-state index in [1.807, 2.05) is 18.2 Å². The summed E-state index contributed by atoms with van der Waals surface area (Å²) in [6.45, 7) is 2.81. The predicted molar refractivity (Wildman–Crippen MR) is 146 cm³/mol. The van der Waals surface area contributed by atoms with Crippen LogP contribution in [0.15, 0.2) is 65.6 Å². The molecular weight excluding hydrogens is 510 g/mol. The van der Waals surface area contributed by atoms with Crippen molar-refractivity contribution in [3.05, 3.63) is 89.0 Å². The molecule has 0 saturated carbocycles. The molecule has 2 atom stereocenters. The first-order valence-electron chi connectivity index (χ1n) is 12.4. The molecule has 0 radical (unpaired) electrons. The standard InChI is InChI=1S/C29H34F2N2O4S/c1-4-19-6-5-7-20(10-19)16-32-17-26(34)25(13-21-11-22(30)14-23(31)12-21)33-29(35)18-38-24-8-9-27(36-2)28(15-24)37-3/h5-12,14-15,25-26,32,34H,4,13,16-18H2,1-3H3,(H,33,35). The zero-order valence-electron chi connectivity index (χ0n) is 21.8. The number of ether oxygens (including phenoxy) is 2. The second-order valence-corrected chi connectivity index (χ2v) is 9.88. The number of nitrogens with one attached hydrogen (secondary N) is 2. The van der Waals surface area contributed by atoms with Crippen molar-refractivity contribution in [2.45, 2.75) is 43.4 Å². The quantitative estimate of drug-likeness (QED) is 0.259. The number of aliphatic hydroxyl groups excluding tert-OH is 1. The molecule has 38 heavy (non-hydrogen) atoms. The molecule has 3 aromatic carbocycles. The Morgan fingerprint density at radius 2 is 1.66 bits per heavy atom. The van der Waals surface area contributed by atoms with Gasteiger partial charge >= 0.3 is 0 Å². The van der Waals surface area contributed by atoms with E-state index in [1.54, 1.807) is 19.2 Å². The maximum Gasteiger partial charge on any atom is 0.230 e. The normalized spacial score (nSPS) is 12.6. The van der Waals surface area contributed by atoms with Gasteiger partial charge in [0.25, 0.3) is 0 Å². The van der Waals surface area contributed by atoms with Crippen molar-refractivity contribution >= 4 is 17.7 Å². The van der Waals surface area contributed by atoms with Crippen LogP contribution in [-0.4, -0.2) is 49.7 Å². The van der Waals surface area contributed by atoms with Gasteiger partial charge in [-0.15, -0.1) is 11.8 Å². The van der Waals surface area contributed by atoms with E-state index in [4.69, 9.17) is 9.47 Å². The molecule has 0 aliphatic carbocycles. The van der Waals surface area contributed by atoms with Gasteiger partial charge in [-0.2, -0.15) is 0 Å². The van der Waals surface area contributed by atoms with Crippen molar-refractivity contribution in [1.82, 2.24) is 10.6 Å². The number of benzene rings is 3. The molecule has 2 unspecified atom stereocenters. The fourth-order valence-electron chi connectivity index (χ4n) is 4.04. The summed E-state index contributed by atoms with van der Waals surface area (Å²) in [5.74, 6) is -0.528. The van der Waals surface area contributed by atoms with Crippen LogP contribution < -0.4 is 20.1 Å². The summed E-state index contributed by atoms with van der Waals surface area (Å²) in [5.41, 5.74) is 2.64. The molecular formula is C29H34F2N2O4S. The summed E-state index contributed by atoms with van der Waals surface area (Å²) in [6.07, 6.45) is -0.00294. The van der Waals surface area contributed by atoms with E-state index in [-0.39, 0.29) is 24.6 Å². The van der Waals surface area contributed by atoms with E-state index >= 15 is 0 Å². The minimum atomic E-state index is -0.995. The first-order chi connectivity index (χ1) is 18.3. The fourth-order valence-corrected chi connectivity index (χ4v) is 4.77. The van der Waals surface area contributed by atoms with Gasteiger partial charge in [0.1, 0.15) is 11.6 Å². The number of aliphatic hydroxyl groups is 1. The Balaban J connectivity index is 1.64. The van der Waals surface area contributed by atoms with E-state index in [9.17, 15) is 18.7 Å². The highest BCUT2D eigenvalue weighted by molar-refractivity contribution is 8.00. The highest BCUT2D eigenvalue weighted by atomic mass is 32.2. The minimum Gasteiger partial charge on any atom is -0.493 e. The molecule has 3 N–H and O–H groups in total. The zero-order valence-corrected chi connectivity index (χ0v) is 22.6. The summed E-state index contributed by atoms with van der Waals surface area (Å²) < 4.78 is 38.1. The first kappa shape index (κ1) is 29.4. The lowest BCUT2D eigenvalue weighted by atomic mass is 10.0. The van der Waals surface area contributed by atoms with Crippen molar-refractivity contribution < 1.29 is 28.2 Å². The number of halogens is 2. The van der Waals surface area contributed by atoms with Gasteiger partial charge in [-0.05, 0) is 59.9 Å². The third-order valence-corrected chi connectivity index (χ3v) is 6.99. The molecule has 0 bridgehead atoms. The highest BCUT2D eigenvalue weighted by Gasteiger charge is 2.22. The Morgan fingerprint density at radius 1 is 0.947 bits per heavy atom. The monoisotopic (exact) mass is 544 g/mol. The second-order valence-electron chi connectivity index (χ2n) is 8.83. The average molecular weight is 545 g/mol. The topological polar surface area (TPSA) is 79.8 Å². The van der Waals surface area contributed by atoms with Gasteiger partial charge in [-0.25, -0.2) is 8.78 Å². The SMILES string of the molecule is CCc1cccc(CNCC(O)C(Cc2cc(F)cc(F)c2)NC(=O)CSc2ccc(OC)c(OC)c2)c1. The molecule has 0 spiro atoms. The molecule has 9 heteroatoms. The van der Waals surface area contributed by atoms with E-state index < -0.39 is 23.8 Å². The fraction of sp³-hybridized carbons (Fsp3) is 0.345. The van der Waals surface area contributed by atoms with Crippen LogP contribution in [0, 0.1) is 11.6 Å². The van der Waals surface area contributed by atoms with E-state index in [1.165, 1.54) is 36.6 Å². The number of carbonyl (C=O) groups excluding carboxylic acids is 1. The molecule has 0 aromatic heterocycles. The number of aryl methyl sites for hydroxylation is 1. The van der Waals surface area contributed by atoms with Crippen LogP contribution in [0.5, 0.6) is 11.5 Å². The van der Waals surface area contributed by atoms with Crippen LogP contribution in [0.25, 0.3) is 0 Å². The van der Waals surface area contributed by atoms with Gasteiger partial charge in [0.05, 0.1) is 32.1 Å². The van der Waals surface area contributed by atoms with Crippen molar-refractivity contribution in [1.29, 1.82) is 0 Å². The molecule has 0 aliphatic rings. The molecule has 0 heterocycles. The average Bonchev–Trinajstić information content (AvgIpc) is 2.90. The lowest BCUT2D eigenvalue weighted by molar-refractivity contribution is -0.120. The molecule has 0 aliphatic heterocycles. The minimum absolute atomic E-state index is 0.0651. The Hall–Kier alpha value is -3.14. The number of amides is 1. The Labute approximate surface area is 226 Å². The number of hydrogen-bond donors (Lipinski definition) is 3. The zero-order chi connectivity index (χ0) is 27.5. The third-order valence-electron chi connectivity index (χ3n) is 6.00. The molecule has 6 nitrogen and oxygen atoms in total. The van der Waals surface area contributed by atoms with E-state index in [2.05, 4.69) is 29.7 Å². The molecule has 0 fully saturated rings. The third kappa shape index (κ3) is 9.01. The Bertz CT molecular complexity index is 1190. The van der Waals surface area contributed by atoms with Crippen LogP contribution in [0.1, 0.15) is 23.6 Å². The highest BCUT2D eigenvalue weighted by Crippen LogP contribution is 2.31. The molecule has 0 saturated heterocycles. The van der Waals surface area contributed by atoms with Gasteiger partial charge < -0.3 is 25.2 Å². The lowest BCUT2D eigenvalue weighted by Crippen LogP contribution is -2.49. The summed E-state index contributed by atoms with van der Waals surface area (Å²) >= 11 is 1.30. The first-order valence-corrected chi connectivity index (χ1v) is 13.4. The smallest absolute Gasteiger partial charge is 0.230 e. The summed E-state index contributed by atoms with van der Waals surface area (Å²) in [7, 11) is 3.08. The van der Waals surface area contributed by atoms with Gasteiger partial charge in [0.15, 0.2) is 11.5 Å². The van der Waals surface area contributed by atoms with Crippen LogP contribution >= 0.6 is 11.8 Å². The molecule has 3 rings (SSSR count). The second kappa shape index (κ2) is 14.7. The van der Waals surface area contributed by atoms with Gasteiger partial charge in [0, 0.05) is 24.1 Å². The van der Waals surface area contributed by atoms with Crippen molar-refractivity contribution in [3.63, 3.8) is 0 Å². The maximum absolute atomic E-state index is 13.8. The number of carbonyl (C=O) groups is 1. The number of thioether (sulfide) groups is 1. The van der Waals surface area contributed by atoms with Crippen LogP contribution in [0.4, 0.5) is 8.78 Å². The maximum atomic E-state index is 13.8. The van der Waals surface area contributed by atoms with Gasteiger partial charge in [-0.3, -0.25) is 4.79 Å². The van der Waals surface area contributed by atoms with Crippen molar-refractivity contribution in [3.8, 4) is 11.5 Å². The number of methoxy groups -OCH3 is 2. The summed E-state index contributed by atoms with van der Waals surface area (Å²) in [6, 6.07) is 15.9. The molecule has 204 valence electrons. The van der Waals surface area contributed by atoms with Crippen LogP contribution in [0.3, 0.4) is 0 Å². The predicted octanol–water partition coefficient (Wildman–Crippen LogP) is 4.51. The van der Waals surface area contributed by atoms with Crippen molar-refractivity contribution in [2.75, 3.05) is 26.5 Å². The summed E-state index contributed by atoms with van der Waals surface area (Å²) in [4.78, 5) is 13.6. The van der Waals surface area contributed by atoms with E-state index in [0.717, 1.165) is 22.9 Å². The Kier molecular flexibility index (Phi) is 11.4. The number of hydrogen-bond acceptors (Lipinski definition) is 6. The van der Waals surface area contributed by atoms with Gasteiger partial charge in [-0.1, -0.05) is 31.2 Å². The van der Waals surface area contributed by atoms with Crippen molar-refractivity contribution in [2.24, 2.45) is 0 Å². The van der Waals surface area contributed by atoms with Crippen LogP contribution in [0.2, 0.25) is 0 Å². The van der Waals surface area contributed by atoms with E-state index in [0.29, 0.717) is 23.6 Å². The largest absolute Gasteiger partial charge is 0.493 e. The summed E-state index contributed by atoms with van der Waals surface area (Å²) in [5, 5.41) is 17.0. The molecule has 3 aromatic rings. The lowest BCUT2D eigenvalue weighted by Gasteiger charge is -2.25.